The molecule has 0 aromatic heterocycles. The van der Waals surface area contributed by atoms with Gasteiger partial charge in [0.2, 0.25) is 0 Å². The fourth-order valence-electron chi connectivity index (χ4n) is 1.85. The molecule has 2 N–H and O–H groups in total. The lowest BCUT2D eigenvalue weighted by Gasteiger charge is -2.14. The molecule has 1 nitrogen and oxygen atoms in total. The molecule has 1 atom stereocenters. The number of aryl methyl sites for hydroxylation is 1. The molecule has 76 valence electrons. The highest BCUT2D eigenvalue weighted by atomic mass is 19.1. The van der Waals surface area contributed by atoms with Crippen molar-refractivity contribution in [3.63, 3.8) is 0 Å². The average Bonchev–Trinajstić information content (AvgIpc) is 2.93. The summed E-state index contributed by atoms with van der Waals surface area (Å²) in [4.78, 5) is 0. The number of nitrogens with two attached hydrogens (primary N) is 1. The van der Waals surface area contributed by atoms with Crippen molar-refractivity contribution in [1.29, 1.82) is 0 Å². The Hall–Kier alpha value is -0.890. The van der Waals surface area contributed by atoms with Crippen molar-refractivity contribution < 1.29 is 4.39 Å². The van der Waals surface area contributed by atoms with Crippen molar-refractivity contribution in [2.75, 3.05) is 0 Å². The predicted molar refractivity (Wildman–Crippen MR) is 55.4 cm³/mol. The van der Waals surface area contributed by atoms with Crippen LogP contribution >= 0.6 is 0 Å². The van der Waals surface area contributed by atoms with E-state index in [1.165, 1.54) is 18.9 Å². The van der Waals surface area contributed by atoms with Gasteiger partial charge in [-0.2, -0.15) is 0 Å². The number of hydrogen-bond donors (Lipinski definition) is 1. The molecule has 1 aliphatic rings. The standard InChI is InChI=1S/C12H16FN/c1-8-2-5-10(13)7-11(8)12(14)6-9-3-4-9/h2,5,7,9,12H,3-4,6,14H2,1H3/t12-/m0/s1. The van der Waals surface area contributed by atoms with Gasteiger partial charge in [0.25, 0.3) is 0 Å². The smallest absolute Gasteiger partial charge is 0.123 e. The SMILES string of the molecule is Cc1ccc(F)cc1[C@@H](N)CC1CC1. The minimum atomic E-state index is -0.183. The van der Waals surface area contributed by atoms with Crippen LogP contribution in [0.1, 0.15) is 36.4 Å². The Bertz CT molecular complexity index is 331. The number of hydrogen-bond acceptors (Lipinski definition) is 1. The van der Waals surface area contributed by atoms with Crippen LogP contribution in [0.3, 0.4) is 0 Å². The van der Waals surface area contributed by atoms with Gasteiger partial charge in [-0.05, 0) is 42.5 Å². The zero-order valence-corrected chi connectivity index (χ0v) is 8.46. The maximum absolute atomic E-state index is 13.0. The maximum Gasteiger partial charge on any atom is 0.123 e. The van der Waals surface area contributed by atoms with Gasteiger partial charge in [0, 0.05) is 6.04 Å². The molecular weight excluding hydrogens is 177 g/mol. The molecule has 0 amide bonds. The van der Waals surface area contributed by atoms with Crippen molar-refractivity contribution in [2.45, 2.75) is 32.2 Å². The largest absolute Gasteiger partial charge is 0.324 e. The van der Waals surface area contributed by atoms with Crippen molar-refractivity contribution in [3.05, 3.63) is 35.1 Å². The Morgan fingerprint density at radius 1 is 1.50 bits per heavy atom. The minimum absolute atomic E-state index is 0.0122. The molecule has 0 saturated heterocycles. The molecule has 0 bridgehead atoms. The summed E-state index contributed by atoms with van der Waals surface area (Å²) in [5, 5.41) is 0. The molecule has 0 spiro atoms. The Morgan fingerprint density at radius 3 is 2.86 bits per heavy atom. The summed E-state index contributed by atoms with van der Waals surface area (Å²) in [5.41, 5.74) is 8.11. The first-order chi connectivity index (χ1) is 6.66. The van der Waals surface area contributed by atoms with Gasteiger partial charge in [-0.25, -0.2) is 4.39 Å². The summed E-state index contributed by atoms with van der Waals surface area (Å²) in [6, 6.07) is 4.88. The third kappa shape index (κ3) is 2.13. The quantitative estimate of drug-likeness (QED) is 0.784. The normalized spacial score (nSPS) is 18.2. The van der Waals surface area contributed by atoms with E-state index in [4.69, 9.17) is 5.73 Å². The lowest BCUT2D eigenvalue weighted by Crippen LogP contribution is -2.12. The number of benzene rings is 1. The fourth-order valence-corrected chi connectivity index (χ4v) is 1.85. The van der Waals surface area contributed by atoms with Gasteiger partial charge < -0.3 is 5.73 Å². The lowest BCUT2D eigenvalue weighted by atomic mass is 9.97. The topological polar surface area (TPSA) is 26.0 Å². The third-order valence-electron chi connectivity index (χ3n) is 2.92. The Labute approximate surface area is 84.1 Å². The molecule has 0 heterocycles. The molecule has 1 aromatic rings. The Balaban J connectivity index is 2.15. The van der Waals surface area contributed by atoms with Gasteiger partial charge in [0.1, 0.15) is 5.82 Å². The van der Waals surface area contributed by atoms with Crippen LogP contribution in [0.5, 0.6) is 0 Å². The van der Waals surface area contributed by atoms with Crippen LogP contribution < -0.4 is 5.73 Å². The highest BCUT2D eigenvalue weighted by Crippen LogP contribution is 2.37. The van der Waals surface area contributed by atoms with E-state index in [2.05, 4.69) is 0 Å². The van der Waals surface area contributed by atoms with Crippen LogP contribution in [0, 0.1) is 18.7 Å². The highest BCUT2D eigenvalue weighted by molar-refractivity contribution is 5.29. The summed E-state index contributed by atoms with van der Waals surface area (Å²) in [7, 11) is 0. The van der Waals surface area contributed by atoms with Gasteiger partial charge >= 0.3 is 0 Å². The zero-order chi connectivity index (χ0) is 10.1. The Kier molecular flexibility index (Phi) is 2.55. The first-order valence-corrected chi connectivity index (χ1v) is 5.18. The van der Waals surface area contributed by atoms with E-state index in [0.717, 1.165) is 23.5 Å². The second-order valence-electron chi connectivity index (χ2n) is 4.29. The van der Waals surface area contributed by atoms with Crippen molar-refractivity contribution in [1.82, 2.24) is 0 Å². The summed E-state index contributed by atoms with van der Waals surface area (Å²) in [6.45, 7) is 1.99. The molecule has 0 unspecified atom stereocenters. The van der Waals surface area contributed by atoms with Crippen LogP contribution in [0.4, 0.5) is 4.39 Å². The van der Waals surface area contributed by atoms with E-state index in [1.54, 1.807) is 12.1 Å². The van der Waals surface area contributed by atoms with Crippen LogP contribution in [0.15, 0.2) is 18.2 Å². The van der Waals surface area contributed by atoms with Gasteiger partial charge in [0.15, 0.2) is 0 Å². The monoisotopic (exact) mass is 193 g/mol. The van der Waals surface area contributed by atoms with Crippen LogP contribution in [0.25, 0.3) is 0 Å². The molecule has 2 rings (SSSR count). The third-order valence-corrected chi connectivity index (χ3v) is 2.92. The first kappa shape index (κ1) is 9.66. The zero-order valence-electron chi connectivity index (χ0n) is 8.46. The molecule has 1 fully saturated rings. The van der Waals surface area contributed by atoms with Gasteiger partial charge in [-0.1, -0.05) is 18.9 Å². The van der Waals surface area contributed by atoms with Crippen molar-refractivity contribution in [3.8, 4) is 0 Å². The molecule has 1 saturated carbocycles. The van der Waals surface area contributed by atoms with E-state index < -0.39 is 0 Å². The molecule has 14 heavy (non-hydrogen) atoms. The summed E-state index contributed by atoms with van der Waals surface area (Å²) < 4.78 is 13.0. The summed E-state index contributed by atoms with van der Waals surface area (Å²) in [5.74, 6) is 0.601. The van der Waals surface area contributed by atoms with Crippen molar-refractivity contribution >= 4 is 0 Å². The molecule has 1 aromatic carbocycles. The molecule has 1 aliphatic carbocycles. The van der Waals surface area contributed by atoms with Crippen LogP contribution in [-0.4, -0.2) is 0 Å². The van der Waals surface area contributed by atoms with Gasteiger partial charge in [-0.15, -0.1) is 0 Å². The highest BCUT2D eigenvalue weighted by Gasteiger charge is 2.25. The number of halogens is 1. The van der Waals surface area contributed by atoms with E-state index >= 15 is 0 Å². The van der Waals surface area contributed by atoms with Crippen molar-refractivity contribution in [2.24, 2.45) is 11.7 Å². The van der Waals surface area contributed by atoms with Gasteiger partial charge in [0.05, 0.1) is 0 Å². The van der Waals surface area contributed by atoms with E-state index in [-0.39, 0.29) is 11.9 Å². The van der Waals surface area contributed by atoms with E-state index in [0.29, 0.717) is 0 Å². The fraction of sp³-hybridized carbons (Fsp3) is 0.500. The lowest BCUT2D eigenvalue weighted by molar-refractivity contribution is 0.580. The summed E-state index contributed by atoms with van der Waals surface area (Å²) in [6.07, 6.45) is 3.59. The minimum Gasteiger partial charge on any atom is -0.324 e. The van der Waals surface area contributed by atoms with E-state index in [1.807, 2.05) is 6.92 Å². The van der Waals surface area contributed by atoms with Crippen LogP contribution in [-0.2, 0) is 0 Å². The molecule has 2 heteroatoms. The van der Waals surface area contributed by atoms with Crippen LogP contribution in [0.2, 0.25) is 0 Å². The second-order valence-corrected chi connectivity index (χ2v) is 4.29. The maximum atomic E-state index is 13.0. The first-order valence-electron chi connectivity index (χ1n) is 5.18. The Morgan fingerprint density at radius 2 is 2.21 bits per heavy atom. The predicted octanol–water partition coefficient (Wildman–Crippen LogP) is 2.93. The molecular formula is C12H16FN. The average molecular weight is 193 g/mol. The second kappa shape index (κ2) is 3.70. The number of rotatable bonds is 3. The van der Waals surface area contributed by atoms with E-state index in [9.17, 15) is 4.39 Å². The van der Waals surface area contributed by atoms with Gasteiger partial charge in [-0.3, -0.25) is 0 Å². The summed E-state index contributed by atoms with van der Waals surface area (Å²) >= 11 is 0. The molecule has 0 aliphatic heterocycles. The molecule has 0 radical (unpaired) electrons.